The molecule has 0 atom stereocenters. The van der Waals surface area contributed by atoms with Crippen molar-refractivity contribution in [2.45, 2.75) is 4.90 Å². The number of aromatic nitrogens is 1. The van der Waals surface area contributed by atoms with Crippen LogP contribution in [0.3, 0.4) is 0 Å². The second kappa shape index (κ2) is 4.91. The fraction of sp³-hybridized carbons (Fsp3) is 0.0667. The first-order valence-corrected chi connectivity index (χ1v) is 7.16. The van der Waals surface area contributed by atoms with Gasteiger partial charge in [-0.1, -0.05) is 18.2 Å². The molecule has 98 valence electrons. The van der Waals surface area contributed by atoms with Crippen molar-refractivity contribution in [1.82, 2.24) is 4.98 Å². The van der Waals surface area contributed by atoms with Gasteiger partial charge in [-0.3, -0.25) is 0 Å². The van der Waals surface area contributed by atoms with E-state index in [1.165, 1.54) is 11.8 Å². The highest BCUT2D eigenvalue weighted by Gasteiger charge is 2.14. The van der Waals surface area contributed by atoms with Crippen molar-refractivity contribution < 1.29 is 4.42 Å². The lowest BCUT2D eigenvalue weighted by molar-refractivity contribution is 0.519. The highest BCUT2D eigenvalue weighted by Crippen LogP contribution is 2.30. The molecule has 0 saturated carbocycles. The maximum absolute atomic E-state index is 11.9. The highest BCUT2D eigenvalue weighted by atomic mass is 32.2. The molecular formula is C15H10N2O2S. The summed E-state index contributed by atoms with van der Waals surface area (Å²) in [5.41, 5.74) is 1.25. The number of nitriles is 1. The molecule has 0 aliphatic carbocycles. The van der Waals surface area contributed by atoms with Crippen LogP contribution in [0.1, 0.15) is 5.56 Å². The quantitative estimate of drug-likeness (QED) is 0.731. The Labute approximate surface area is 119 Å². The Bertz CT molecular complexity index is 887. The number of rotatable bonds is 2. The van der Waals surface area contributed by atoms with Crippen molar-refractivity contribution in [1.29, 1.82) is 5.26 Å². The Kier molecular flexibility index (Phi) is 3.09. The number of nitrogens with zero attached hydrogens (tertiary/aromatic N) is 1. The molecule has 5 heteroatoms. The molecule has 2 heterocycles. The van der Waals surface area contributed by atoms with Crippen LogP contribution < -0.4 is 5.63 Å². The summed E-state index contributed by atoms with van der Waals surface area (Å²) in [6.07, 6.45) is 3.63. The topological polar surface area (TPSA) is 69.8 Å². The van der Waals surface area contributed by atoms with Gasteiger partial charge in [0.15, 0.2) is 5.56 Å². The van der Waals surface area contributed by atoms with Gasteiger partial charge >= 0.3 is 5.63 Å². The molecule has 3 aromatic rings. The molecule has 1 N–H and O–H groups in total. The van der Waals surface area contributed by atoms with Gasteiger partial charge in [0, 0.05) is 27.6 Å². The van der Waals surface area contributed by atoms with Crippen LogP contribution in [-0.2, 0) is 0 Å². The summed E-state index contributed by atoms with van der Waals surface area (Å²) in [6.45, 7) is 0. The minimum absolute atomic E-state index is 0.0566. The predicted molar refractivity (Wildman–Crippen MR) is 78.8 cm³/mol. The van der Waals surface area contributed by atoms with E-state index < -0.39 is 5.63 Å². The number of benzene rings is 1. The monoisotopic (exact) mass is 282 g/mol. The van der Waals surface area contributed by atoms with Crippen LogP contribution in [0.4, 0.5) is 0 Å². The van der Waals surface area contributed by atoms with Crippen LogP contribution in [0.25, 0.3) is 22.2 Å². The molecule has 0 spiro atoms. The molecule has 0 aliphatic heterocycles. The molecule has 20 heavy (non-hydrogen) atoms. The maximum Gasteiger partial charge on any atom is 0.355 e. The van der Waals surface area contributed by atoms with E-state index >= 15 is 0 Å². The largest absolute Gasteiger partial charge is 0.422 e. The van der Waals surface area contributed by atoms with Gasteiger partial charge in [-0.05, 0) is 18.4 Å². The van der Waals surface area contributed by atoms with E-state index in [2.05, 4.69) is 4.98 Å². The number of H-pyrrole nitrogens is 1. The van der Waals surface area contributed by atoms with Gasteiger partial charge in [-0.2, -0.15) is 5.26 Å². The van der Waals surface area contributed by atoms with Crippen LogP contribution in [0, 0.1) is 11.3 Å². The van der Waals surface area contributed by atoms with Crippen LogP contribution in [-0.4, -0.2) is 11.2 Å². The molecular weight excluding hydrogens is 272 g/mol. The summed E-state index contributed by atoms with van der Waals surface area (Å²) in [4.78, 5) is 15.6. The smallest absolute Gasteiger partial charge is 0.355 e. The van der Waals surface area contributed by atoms with Gasteiger partial charge in [0.05, 0.1) is 0 Å². The third kappa shape index (κ3) is 1.91. The summed E-state index contributed by atoms with van der Waals surface area (Å²) in [5.74, 6) is 0.468. The molecule has 0 fully saturated rings. The third-order valence-electron chi connectivity index (χ3n) is 3.10. The normalized spacial score (nSPS) is 10.6. The molecule has 2 aromatic heterocycles. The van der Waals surface area contributed by atoms with E-state index in [1.807, 2.05) is 36.6 Å². The van der Waals surface area contributed by atoms with E-state index in [9.17, 15) is 4.79 Å². The van der Waals surface area contributed by atoms with E-state index in [0.29, 0.717) is 10.7 Å². The van der Waals surface area contributed by atoms with Crippen molar-refractivity contribution in [3.8, 4) is 17.4 Å². The van der Waals surface area contributed by atoms with Gasteiger partial charge in [0.1, 0.15) is 11.8 Å². The zero-order valence-electron chi connectivity index (χ0n) is 10.6. The Balaban J connectivity index is 2.28. The minimum atomic E-state index is -0.598. The van der Waals surface area contributed by atoms with Crippen LogP contribution in [0.15, 0.2) is 50.6 Å². The lowest BCUT2D eigenvalue weighted by atomic mass is 10.1. The standard InChI is InChI=1S/C15H10N2O2S/c1-20-14-6-13(19-15(18)10(14)7-16)11-8-17-12-5-3-2-4-9(11)12/h2-6,8,17H,1H3. The van der Waals surface area contributed by atoms with Crippen molar-refractivity contribution in [3.63, 3.8) is 0 Å². The van der Waals surface area contributed by atoms with Crippen molar-refractivity contribution in [2.24, 2.45) is 0 Å². The van der Waals surface area contributed by atoms with E-state index in [1.54, 1.807) is 12.3 Å². The molecule has 0 aliphatic rings. The van der Waals surface area contributed by atoms with Crippen molar-refractivity contribution in [2.75, 3.05) is 6.26 Å². The number of aromatic amines is 1. The number of nitrogens with one attached hydrogen (secondary N) is 1. The average molecular weight is 282 g/mol. The molecule has 0 amide bonds. The summed E-state index contributed by atoms with van der Waals surface area (Å²) in [7, 11) is 0. The van der Waals surface area contributed by atoms with Crippen molar-refractivity contribution in [3.05, 3.63) is 52.5 Å². The van der Waals surface area contributed by atoms with Gasteiger partial charge in [-0.25, -0.2) is 4.79 Å². The zero-order chi connectivity index (χ0) is 14.1. The number of thioether (sulfide) groups is 1. The van der Waals surface area contributed by atoms with Crippen LogP contribution in [0.2, 0.25) is 0 Å². The Morgan fingerprint density at radius 3 is 2.90 bits per heavy atom. The Morgan fingerprint density at radius 2 is 2.15 bits per heavy atom. The molecule has 3 rings (SSSR count). The zero-order valence-corrected chi connectivity index (χ0v) is 11.5. The molecule has 4 nitrogen and oxygen atoms in total. The van der Waals surface area contributed by atoms with Crippen molar-refractivity contribution >= 4 is 22.7 Å². The number of hydrogen-bond donors (Lipinski definition) is 1. The molecule has 0 saturated heterocycles. The van der Waals surface area contributed by atoms with Gasteiger partial charge in [0.25, 0.3) is 0 Å². The van der Waals surface area contributed by atoms with Gasteiger partial charge in [-0.15, -0.1) is 11.8 Å². The van der Waals surface area contributed by atoms with Gasteiger partial charge < -0.3 is 9.40 Å². The summed E-state index contributed by atoms with van der Waals surface area (Å²) >= 11 is 1.36. The van der Waals surface area contributed by atoms with Crippen LogP contribution in [0.5, 0.6) is 0 Å². The van der Waals surface area contributed by atoms with Gasteiger partial charge in [0.2, 0.25) is 0 Å². The molecule has 0 bridgehead atoms. The first-order valence-electron chi connectivity index (χ1n) is 5.93. The number of fused-ring (bicyclic) bond motifs is 1. The van der Waals surface area contributed by atoms with E-state index in [0.717, 1.165) is 16.5 Å². The van der Waals surface area contributed by atoms with E-state index in [4.69, 9.17) is 9.68 Å². The average Bonchev–Trinajstić information content (AvgIpc) is 2.90. The summed E-state index contributed by atoms with van der Waals surface area (Å²) in [5, 5.41) is 9.97. The fourth-order valence-corrected chi connectivity index (χ4v) is 2.70. The summed E-state index contributed by atoms with van der Waals surface area (Å²) < 4.78 is 5.28. The SMILES string of the molecule is CSc1cc(-c2c[nH]c3ccccc23)oc(=O)c1C#N. The Hall–Kier alpha value is -2.45. The molecule has 0 radical (unpaired) electrons. The second-order valence-corrected chi connectivity index (χ2v) is 5.05. The first kappa shape index (κ1) is 12.6. The molecule has 1 aromatic carbocycles. The first-order chi connectivity index (χ1) is 9.74. The minimum Gasteiger partial charge on any atom is -0.422 e. The maximum atomic E-state index is 11.9. The third-order valence-corrected chi connectivity index (χ3v) is 3.86. The fourth-order valence-electron chi connectivity index (χ4n) is 2.14. The Morgan fingerprint density at radius 1 is 1.35 bits per heavy atom. The lowest BCUT2D eigenvalue weighted by Gasteiger charge is -2.02. The van der Waals surface area contributed by atoms with E-state index in [-0.39, 0.29) is 5.56 Å². The molecule has 0 unspecified atom stereocenters. The van der Waals surface area contributed by atoms with Crippen LogP contribution >= 0.6 is 11.8 Å². The number of para-hydroxylation sites is 1. The lowest BCUT2D eigenvalue weighted by Crippen LogP contribution is -2.06. The number of hydrogen-bond acceptors (Lipinski definition) is 4. The second-order valence-electron chi connectivity index (χ2n) is 4.20. The predicted octanol–water partition coefficient (Wildman–Crippen LogP) is 3.38. The summed E-state index contributed by atoms with van der Waals surface area (Å²) in [6, 6.07) is 11.4. The highest BCUT2D eigenvalue weighted by molar-refractivity contribution is 7.98.